The van der Waals surface area contributed by atoms with Crippen LogP contribution in [0.2, 0.25) is 0 Å². The number of aryl methyl sites for hydroxylation is 1. The van der Waals surface area contributed by atoms with Gasteiger partial charge in [0.1, 0.15) is 16.3 Å². The molecule has 1 heterocycles. The quantitative estimate of drug-likeness (QED) is 0.0802. The molecule has 11 nitrogen and oxygen atoms in total. The van der Waals surface area contributed by atoms with E-state index in [1.165, 1.54) is 55.4 Å². The topological polar surface area (TPSA) is 136 Å². The Hall–Kier alpha value is -4.55. The Labute approximate surface area is 287 Å². The zero-order valence-corrected chi connectivity index (χ0v) is 29.1. The average molecular weight is 689 g/mol. The number of unbranched alkanes of at least 4 members (excludes halogenated alkanes) is 2. The number of rotatable bonds is 15. The number of fused-ring (bicyclic) bond motifs is 1. The highest BCUT2D eigenvalue weighted by Gasteiger charge is 2.28. The number of hydrogen-bond acceptors (Lipinski definition) is 8. The number of nitroso groups, excluding NO2 is 1. The number of para-hydroxylation sites is 1. The third-order valence-electron chi connectivity index (χ3n) is 9.30. The molecule has 3 aromatic carbocycles. The number of esters is 1. The summed E-state index contributed by atoms with van der Waals surface area (Å²) in [6.45, 7) is 0.539. The third-order valence-corrected chi connectivity index (χ3v) is 11.2. The summed E-state index contributed by atoms with van der Waals surface area (Å²) in [6, 6.07) is 19.3. The number of nitrogens with one attached hydrogen (secondary N) is 1. The maximum Gasteiger partial charge on any atom is 0.337 e. The first-order chi connectivity index (χ1) is 23.7. The van der Waals surface area contributed by atoms with Crippen LogP contribution in [0.1, 0.15) is 73.2 Å². The van der Waals surface area contributed by atoms with E-state index in [1.54, 1.807) is 12.1 Å². The van der Waals surface area contributed by atoms with Crippen LogP contribution in [0.3, 0.4) is 0 Å². The first kappa shape index (κ1) is 35.7. The molecule has 12 heteroatoms. The molecular formula is C37H44N4O7S. The number of nitrogens with zero attached hydrogens (tertiary/aromatic N) is 3. The molecule has 0 unspecified atom stereocenters. The second kappa shape index (κ2) is 16.2. The van der Waals surface area contributed by atoms with Gasteiger partial charge in [-0.3, -0.25) is 4.79 Å². The van der Waals surface area contributed by atoms with Crippen molar-refractivity contribution in [3.05, 3.63) is 82.8 Å². The fourth-order valence-corrected chi connectivity index (χ4v) is 8.05. The maximum absolute atomic E-state index is 12.9. The number of hydrogen-bond donors (Lipinski definition) is 1. The van der Waals surface area contributed by atoms with Crippen molar-refractivity contribution in [1.29, 1.82) is 0 Å². The number of benzene rings is 3. The van der Waals surface area contributed by atoms with Crippen molar-refractivity contribution >= 4 is 38.5 Å². The van der Waals surface area contributed by atoms with Crippen LogP contribution in [0.4, 0.5) is 5.69 Å². The second-order valence-corrected chi connectivity index (χ2v) is 14.5. The minimum atomic E-state index is -3.84. The summed E-state index contributed by atoms with van der Waals surface area (Å²) in [4.78, 5) is 36.1. The number of methoxy groups -OCH3 is 1. The van der Waals surface area contributed by atoms with Gasteiger partial charge >= 0.3 is 5.97 Å². The Balaban J connectivity index is 1.20. The maximum atomic E-state index is 12.9. The van der Waals surface area contributed by atoms with E-state index in [2.05, 4.69) is 15.1 Å². The SMILES string of the molecule is COC(=O)c1ccc2c(C3CCCCC3)c(-c3ccccc3OCC(=O)NCCCCCN(C)S(=O)(=O)c3ccccc3N=O)n(C)c2c1. The molecule has 1 saturated carbocycles. The Morgan fingerprint density at radius 3 is 2.47 bits per heavy atom. The monoisotopic (exact) mass is 688 g/mol. The molecule has 0 bridgehead atoms. The Bertz CT molecular complexity index is 1920. The van der Waals surface area contributed by atoms with Crippen molar-refractivity contribution < 1.29 is 27.5 Å². The molecular weight excluding hydrogens is 644 g/mol. The highest BCUT2D eigenvalue weighted by atomic mass is 32.2. The van der Waals surface area contributed by atoms with Gasteiger partial charge in [0.15, 0.2) is 6.61 Å². The van der Waals surface area contributed by atoms with Crippen LogP contribution in [-0.2, 0) is 26.6 Å². The molecule has 0 atom stereocenters. The molecule has 1 aromatic heterocycles. The lowest BCUT2D eigenvalue weighted by Crippen LogP contribution is -2.30. The van der Waals surface area contributed by atoms with Crippen molar-refractivity contribution in [1.82, 2.24) is 14.2 Å². The van der Waals surface area contributed by atoms with Crippen molar-refractivity contribution in [2.24, 2.45) is 12.2 Å². The number of aromatic nitrogens is 1. The lowest BCUT2D eigenvalue weighted by molar-refractivity contribution is -0.123. The van der Waals surface area contributed by atoms with Crippen molar-refractivity contribution in [3.8, 4) is 17.0 Å². The predicted molar refractivity (Wildman–Crippen MR) is 190 cm³/mol. The molecule has 1 aliphatic carbocycles. The largest absolute Gasteiger partial charge is 0.483 e. The van der Waals surface area contributed by atoms with E-state index in [4.69, 9.17) is 9.47 Å². The number of carbonyl (C=O) groups is 2. The van der Waals surface area contributed by atoms with Crippen molar-refractivity contribution in [2.45, 2.75) is 62.2 Å². The third kappa shape index (κ3) is 8.02. The van der Waals surface area contributed by atoms with Crippen LogP contribution in [0.15, 0.2) is 76.8 Å². The minimum Gasteiger partial charge on any atom is -0.483 e. The highest BCUT2D eigenvalue weighted by Crippen LogP contribution is 2.45. The van der Waals surface area contributed by atoms with E-state index in [9.17, 15) is 22.9 Å². The summed E-state index contributed by atoms with van der Waals surface area (Å²) in [6.07, 6.45) is 7.69. The van der Waals surface area contributed by atoms with Crippen LogP contribution < -0.4 is 10.1 Å². The van der Waals surface area contributed by atoms with E-state index < -0.39 is 10.0 Å². The van der Waals surface area contributed by atoms with Crippen molar-refractivity contribution in [2.75, 3.05) is 33.9 Å². The number of sulfonamides is 1. The molecule has 1 amide bonds. The van der Waals surface area contributed by atoms with Crippen LogP contribution in [-0.4, -0.2) is 63.0 Å². The molecule has 4 aromatic rings. The van der Waals surface area contributed by atoms with Gasteiger partial charge in [0.2, 0.25) is 10.0 Å². The van der Waals surface area contributed by atoms with Crippen LogP contribution in [0.25, 0.3) is 22.2 Å². The van der Waals surface area contributed by atoms with Gasteiger partial charge in [-0.05, 0) is 78.7 Å². The highest BCUT2D eigenvalue weighted by molar-refractivity contribution is 7.89. The Morgan fingerprint density at radius 2 is 1.71 bits per heavy atom. The molecule has 0 spiro atoms. The number of carbonyl (C=O) groups excluding carboxylic acids is 2. The zero-order valence-electron chi connectivity index (χ0n) is 28.3. The zero-order chi connectivity index (χ0) is 35.0. The summed E-state index contributed by atoms with van der Waals surface area (Å²) < 4.78 is 40.2. The smallest absolute Gasteiger partial charge is 0.337 e. The van der Waals surface area contributed by atoms with E-state index in [-0.39, 0.29) is 35.6 Å². The average Bonchev–Trinajstić information content (AvgIpc) is 3.42. The summed E-state index contributed by atoms with van der Waals surface area (Å²) in [5.74, 6) is 0.342. The lowest BCUT2D eigenvalue weighted by Gasteiger charge is -2.24. The van der Waals surface area contributed by atoms with Gasteiger partial charge in [-0.2, -0.15) is 0 Å². The van der Waals surface area contributed by atoms with Crippen LogP contribution in [0, 0.1) is 4.91 Å². The van der Waals surface area contributed by atoms with E-state index >= 15 is 0 Å². The number of ether oxygens (including phenoxy) is 2. The summed E-state index contributed by atoms with van der Waals surface area (Å²) >= 11 is 0. The fourth-order valence-electron chi connectivity index (χ4n) is 6.73. The molecule has 49 heavy (non-hydrogen) atoms. The second-order valence-electron chi connectivity index (χ2n) is 12.5. The van der Waals surface area contributed by atoms with E-state index in [0.29, 0.717) is 43.0 Å². The van der Waals surface area contributed by atoms with Gasteiger partial charge in [0, 0.05) is 43.7 Å². The molecule has 1 aliphatic rings. The van der Waals surface area contributed by atoms with Gasteiger partial charge in [0.05, 0.1) is 18.4 Å². The van der Waals surface area contributed by atoms with Crippen LogP contribution in [0.5, 0.6) is 5.75 Å². The van der Waals surface area contributed by atoms with Gasteiger partial charge in [0.25, 0.3) is 5.91 Å². The Morgan fingerprint density at radius 1 is 0.980 bits per heavy atom. The summed E-state index contributed by atoms with van der Waals surface area (Å²) in [7, 11) is 1.02. The van der Waals surface area contributed by atoms with E-state index in [1.807, 2.05) is 49.5 Å². The molecule has 260 valence electrons. The predicted octanol–water partition coefficient (Wildman–Crippen LogP) is 7.06. The van der Waals surface area contributed by atoms with E-state index in [0.717, 1.165) is 35.0 Å². The first-order valence-corrected chi connectivity index (χ1v) is 18.2. The Kier molecular flexibility index (Phi) is 11.8. The summed E-state index contributed by atoms with van der Waals surface area (Å²) in [5, 5.41) is 6.84. The van der Waals surface area contributed by atoms with Gasteiger partial charge in [-0.1, -0.05) is 56.0 Å². The van der Waals surface area contributed by atoms with Crippen molar-refractivity contribution in [3.63, 3.8) is 0 Å². The lowest BCUT2D eigenvalue weighted by atomic mass is 9.81. The molecule has 0 radical (unpaired) electrons. The first-order valence-electron chi connectivity index (χ1n) is 16.8. The fraction of sp³-hybridized carbons (Fsp3) is 0.405. The molecule has 1 fully saturated rings. The molecule has 0 saturated heterocycles. The molecule has 1 N–H and O–H groups in total. The summed E-state index contributed by atoms with van der Waals surface area (Å²) in [5.41, 5.74) is 4.49. The van der Waals surface area contributed by atoms with Gasteiger partial charge < -0.3 is 19.4 Å². The molecule has 5 rings (SSSR count). The molecule has 0 aliphatic heterocycles. The van der Waals surface area contributed by atoms with Crippen LogP contribution >= 0.6 is 0 Å². The normalized spacial score (nSPS) is 13.8. The van der Waals surface area contributed by atoms with Gasteiger partial charge in [-0.15, -0.1) is 4.91 Å². The standard InChI is InChI=1S/C37H44N4O7S/c1-40(49(45,46)33-19-11-9-17-30(33)39-44)23-13-5-12-22-38-34(42)25-48-32-18-10-8-16-29(32)36-35(26-14-6-4-7-15-26)28-21-20-27(37(43)47-3)24-31(28)41(36)2/h8-11,16-21,24,26H,4-7,12-15,22-23,25H2,1-3H3,(H,38,42). The van der Waals surface area contributed by atoms with Gasteiger partial charge in [-0.25, -0.2) is 17.5 Å². The minimum absolute atomic E-state index is 0.111. The number of amides is 1.